The number of aliphatic carboxylic acids is 1. The molecule has 0 aliphatic carbocycles. The lowest BCUT2D eigenvalue weighted by Gasteiger charge is -2.43. The Morgan fingerprint density at radius 1 is 1.16 bits per heavy atom. The third-order valence-electron chi connectivity index (χ3n) is 8.91. The molecule has 5 rings (SSSR count). The van der Waals surface area contributed by atoms with Gasteiger partial charge in [-0.15, -0.1) is 15.9 Å². The first-order chi connectivity index (χ1) is 20.3. The zero-order chi connectivity index (χ0) is 31.3. The Kier molecular flexibility index (Phi) is 8.34. The lowest BCUT2D eigenvalue weighted by Crippen LogP contribution is -2.33. The molecule has 0 spiro atoms. The average molecular weight is 607 g/mol. The van der Waals surface area contributed by atoms with Gasteiger partial charge in [-0.05, 0) is 92.5 Å². The number of benzene rings is 3. The monoisotopic (exact) mass is 606 g/mol. The van der Waals surface area contributed by atoms with Crippen molar-refractivity contribution in [3.8, 4) is 5.75 Å². The minimum atomic E-state index is -3.23. The van der Waals surface area contributed by atoms with E-state index in [0.29, 0.717) is 35.8 Å². The van der Waals surface area contributed by atoms with E-state index < -0.39 is 28.1 Å². The Morgan fingerprint density at radius 2 is 1.88 bits per heavy atom. The van der Waals surface area contributed by atoms with Gasteiger partial charge in [-0.3, -0.25) is 13.9 Å². The lowest BCUT2D eigenvalue weighted by atomic mass is 9.69. The molecule has 43 heavy (non-hydrogen) atoms. The number of carboxylic acid groups (broad SMARTS) is 1. The molecule has 0 unspecified atom stereocenters. The fourth-order valence-corrected chi connectivity index (χ4v) is 8.23. The van der Waals surface area contributed by atoms with E-state index in [1.165, 1.54) is 0 Å². The summed E-state index contributed by atoms with van der Waals surface area (Å²) in [6.07, 6.45) is 0.767. The fraction of sp³-hybridized carbons (Fsp3) is 0.424. The van der Waals surface area contributed by atoms with Gasteiger partial charge in [-0.25, -0.2) is 4.68 Å². The summed E-state index contributed by atoms with van der Waals surface area (Å²) >= 11 is 0. The molecule has 0 amide bonds. The van der Waals surface area contributed by atoms with E-state index in [2.05, 4.69) is 17.2 Å². The first-order valence-electron chi connectivity index (χ1n) is 14.7. The lowest BCUT2D eigenvalue weighted by molar-refractivity contribution is -0.147. The Morgan fingerprint density at radius 3 is 2.56 bits per heavy atom. The van der Waals surface area contributed by atoms with Crippen LogP contribution in [-0.4, -0.2) is 53.1 Å². The Hall–Kier alpha value is -3.44. The molecule has 1 aliphatic rings. The molecule has 1 aromatic heterocycles. The summed E-state index contributed by atoms with van der Waals surface area (Å²) in [5, 5.41) is 19.2. The van der Waals surface area contributed by atoms with Crippen LogP contribution in [-0.2, 0) is 24.3 Å². The van der Waals surface area contributed by atoms with Crippen molar-refractivity contribution in [3.63, 3.8) is 0 Å². The zero-order valence-electron chi connectivity index (χ0n) is 26.0. The number of carbonyl (C=O) groups is 1. The van der Waals surface area contributed by atoms with Crippen LogP contribution in [0.5, 0.6) is 5.75 Å². The number of nitrogens with zero attached hydrogens (tertiary/aromatic N) is 4. The molecule has 3 N–H and O–H groups in total. The van der Waals surface area contributed by atoms with Crippen molar-refractivity contribution >= 4 is 27.8 Å². The number of methoxy groups -OCH3 is 1. The second kappa shape index (κ2) is 11.6. The minimum Gasteiger partial charge on any atom is -0.494 e. The number of carboxylic acids is 1. The summed E-state index contributed by atoms with van der Waals surface area (Å²) in [7, 11) is -1.63. The third-order valence-corrected chi connectivity index (χ3v) is 10.9. The highest BCUT2D eigenvalue weighted by molar-refractivity contribution is 8.22. The molecule has 3 aromatic carbocycles. The number of rotatable bonds is 8. The normalized spacial score (nSPS) is 18.6. The van der Waals surface area contributed by atoms with E-state index in [9.17, 15) is 19.0 Å². The number of aryl methyl sites for hydroxylation is 3. The van der Waals surface area contributed by atoms with Gasteiger partial charge in [0, 0.05) is 25.6 Å². The van der Waals surface area contributed by atoms with Gasteiger partial charge in [0.2, 0.25) is 0 Å². The van der Waals surface area contributed by atoms with Gasteiger partial charge < -0.3 is 9.84 Å². The van der Waals surface area contributed by atoms with Crippen LogP contribution in [0.15, 0.2) is 53.4 Å². The fourth-order valence-electron chi connectivity index (χ4n) is 6.41. The van der Waals surface area contributed by atoms with Crippen molar-refractivity contribution in [1.29, 1.82) is 0 Å². The topological polar surface area (TPSA) is 121 Å². The molecular weight excluding hydrogens is 564 g/mol. The second-order valence-corrected chi connectivity index (χ2v) is 14.3. The van der Waals surface area contributed by atoms with Crippen molar-refractivity contribution in [2.75, 3.05) is 13.7 Å². The predicted octanol–water partition coefficient (Wildman–Crippen LogP) is 7.04. The van der Waals surface area contributed by atoms with Crippen molar-refractivity contribution in [2.24, 2.45) is 11.3 Å². The summed E-state index contributed by atoms with van der Waals surface area (Å²) in [4.78, 5) is 13.4. The van der Waals surface area contributed by atoms with Crippen LogP contribution in [0.2, 0.25) is 0 Å². The van der Waals surface area contributed by atoms with Crippen LogP contribution in [0.4, 0.5) is 0 Å². The number of hydrogen-bond donors (Lipinski definition) is 3. The van der Waals surface area contributed by atoms with Crippen molar-refractivity contribution in [3.05, 3.63) is 81.9 Å². The zero-order valence-corrected chi connectivity index (χ0v) is 26.8. The molecule has 2 heterocycles. The van der Waals surface area contributed by atoms with E-state index in [4.69, 9.17) is 4.74 Å². The highest BCUT2D eigenvalue weighted by atomic mass is 32.3. The van der Waals surface area contributed by atoms with E-state index in [1.807, 2.05) is 69.3 Å². The van der Waals surface area contributed by atoms with Crippen LogP contribution in [0.1, 0.15) is 67.0 Å². The van der Waals surface area contributed by atoms with Gasteiger partial charge in [0.25, 0.3) is 0 Å². The highest BCUT2D eigenvalue weighted by Crippen LogP contribution is 2.56. The second-order valence-electron chi connectivity index (χ2n) is 12.3. The van der Waals surface area contributed by atoms with Crippen molar-refractivity contribution in [2.45, 2.75) is 71.9 Å². The molecule has 2 atom stereocenters. The predicted molar refractivity (Wildman–Crippen MR) is 170 cm³/mol. The average Bonchev–Trinajstić information content (AvgIpc) is 3.37. The molecule has 0 saturated heterocycles. The van der Waals surface area contributed by atoms with Crippen molar-refractivity contribution in [1.82, 2.24) is 19.3 Å². The number of ether oxygens (including phenoxy) is 1. The molecule has 0 fully saturated rings. The summed E-state index contributed by atoms with van der Waals surface area (Å²) < 4.78 is 32.5. The molecule has 230 valence electrons. The SMILES string of the molecule is CCn1nnc2c(C)c([C@H](c3ccc(C)c(CN4C[C@H](C)Cc5ccccc5S4(O)O)c3)C(C)(C)C(=O)O)cc(OC)c21. The smallest absolute Gasteiger partial charge is 0.310 e. The van der Waals surface area contributed by atoms with Gasteiger partial charge >= 0.3 is 5.97 Å². The van der Waals surface area contributed by atoms with E-state index in [0.717, 1.165) is 45.3 Å². The van der Waals surface area contributed by atoms with Crippen LogP contribution >= 0.6 is 10.8 Å². The molecule has 0 radical (unpaired) electrons. The quantitative estimate of drug-likeness (QED) is 0.195. The number of hydrogen-bond acceptors (Lipinski definition) is 7. The maximum Gasteiger partial charge on any atom is 0.310 e. The summed E-state index contributed by atoms with van der Waals surface area (Å²) in [6, 6.07) is 15.5. The Labute approximate surface area is 255 Å². The maximum atomic E-state index is 12.8. The van der Waals surface area contributed by atoms with Crippen LogP contribution < -0.4 is 4.74 Å². The van der Waals surface area contributed by atoms with Gasteiger partial charge in [-0.1, -0.05) is 48.5 Å². The van der Waals surface area contributed by atoms with Gasteiger partial charge in [0.05, 0.1) is 17.4 Å². The minimum absolute atomic E-state index is 0.218. The third kappa shape index (κ3) is 5.42. The van der Waals surface area contributed by atoms with E-state index in [1.54, 1.807) is 29.9 Å². The number of fused-ring (bicyclic) bond motifs is 2. The molecule has 9 nitrogen and oxygen atoms in total. The summed E-state index contributed by atoms with van der Waals surface area (Å²) in [5.41, 5.74) is 5.61. The highest BCUT2D eigenvalue weighted by Gasteiger charge is 2.41. The van der Waals surface area contributed by atoms with Gasteiger partial charge in [0.1, 0.15) is 16.8 Å². The molecule has 0 saturated carbocycles. The molecular formula is C33H42N4O5S. The largest absolute Gasteiger partial charge is 0.494 e. The van der Waals surface area contributed by atoms with Gasteiger partial charge in [-0.2, -0.15) is 4.31 Å². The first-order valence-corrected chi connectivity index (χ1v) is 16.2. The van der Waals surface area contributed by atoms with Crippen LogP contribution in [0.3, 0.4) is 0 Å². The van der Waals surface area contributed by atoms with Crippen molar-refractivity contribution < 1.29 is 23.7 Å². The maximum absolute atomic E-state index is 12.8. The summed E-state index contributed by atoms with van der Waals surface area (Å²) in [6.45, 7) is 13.0. The molecule has 0 bridgehead atoms. The Bertz CT molecular complexity index is 1680. The first kappa shape index (κ1) is 31.0. The van der Waals surface area contributed by atoms with Gasteiger partial charge in [0.15, 0.2) is 0 Å². The summed E-state index contributed by atoms with van der Waals surface area (Å²) in [5.74, 6) is -0.677. The van der Waals surface area contributed by atoms with Crippen LogP contribution in [0.25, 0.3) is 11.0 Å². The standard InChI is InChI=1S/C33H42N4O5S/c1-8-37-31-27(42-7)17-26(22(4)30(31)34-35-37)29(33(5,6)32(38)39)24-14-13-21(3)25(16-24)19-36-18-20(2)15-23-11-9-10-12-28(23)43(36,40)41/h9-14,16-17,20,29,40-41H,8,15,18-19H2,1-7H3,(H,38,39)/t20-,29+/m1/s1. The molecule has 10 heteroatoms. The number of aromatic nitrogens is 3. The van der Waals surface area contributed by atoms with E-state index >= 15 is 0 Å². The van der Waals surface area contributed by atoms with Crippen LogP contribution in [0, 0.1) is 25.2 Å². The molecule has 1 aliphatic heterocycles. The molecule has 4 aromatic rings. The Balaban J connectivity index is 1.65. The van der Waals surface area contributed by atoms with E-state index in [-0.39, 0.29) is 5.92 Å².